The van der Waals surface area contributed by atoms with Crippen LogP contribution in [0.4, 0.5) is 4.79 Å². The second kappa shape index (κ2) is 26.1. The van der Waals surface area contributed by atoms with Gasteiger partial charge < -0.3 is 26.0 Å². The number of hydrogen-bond donors (Lipinski definition) is 4. The monoisotopic (exact) mass is 542 g/mol. The average molecular weight is 543 g/mol. The largest absolute Gasteiger partial charge is 0.450 e. The summed E-state index contributed by atoms with van der Waals surface area (Å²) in [6, 6.07) is -0.430. The number of rotatable bonds is 27. The molecule has 0 aliphatic carbocycles. The van der Waals surface area contributed by atoms with E-state index in [2.05, 4.69) is 5.32 Å². The molecule has 7 heteroatoms. The van der Waals surface area contributed by atoms with E-state index in [4.69, 9.17) is 10.5 Å². The molecule has 226 valence electrons. The predicted octanol–water partition coefficient (Wildman–Crippen LogP) is 6.95. The van der Waals surface area contributed by atoms with Gasteiger partial charge in [0, 0.05) is 18.9 Å². The minimum absolute atomic E-state index is 0.116. The van der Waals surface area contributed by atoms with Crippen molar-refractivity contribution in [3.8, 4) is 0 Å². The number of ether oxygens (including phenoxy) is 1. The van der Waals surface area contributed by atoms with Crippen molar-refractivity contribution >= 4 is 11.9 Å². The number of ketones is 1. The fourth-order valence-electron chi connectivity index (χ4n) is 4.74. The van der Waals surface area contributed by atoms with Crippen molar-refractivity contribution in [3.63, 3.8) is 0 Å². The second-order valence-corrected chi connectivity index (χ2v) is 11.3. The molecule has 4 unspecified atom stereocenters. The Morgan fingerprint density at radius 2 is 1.03 bits per heavy atom. The van der Waals surface area contributed by atoms with Crippen molar-refractivity contribution < 1.29 is 24.5 Å². The molecular formula is C31H62N2O5. The summed E-state index contributed by atoms with van der Waals surface area (Å²) in [5, 5.41) is 22.5. The standard InChI is InChI=1S/C31H62N2O5/c1-4-38-31(37)33-27(3)30(36)25-21-17-13-15-19-23-28(34)22-18-14-11-9-7-5-6-8-10-12-16-20-24-29(35)26(2)32/h26-27,29-30,35-36H,4-25,32H2,1-3H3,(H,33,37). The molecule has 38 heavy (non-hydrogen) atoms. The molecule has 4 atom stereocenters. The van der Waals surface area contributed by atoms with E-state index in [1.54, 1.807) is 13.8 Å². The zero-order valence-electron chi connectivity index (χ0n) is 25.1. The quantitative estimate of drug-likeness (QED) is 0.0833. The summed E-state index contributed by atoms with van der Waals surface area (Å²) in [5.41, 5.74) is 5.68. The molecule has 5 N–H and O–H groups in total. The summed E-state index contributed by atoms with van der Waals surface area (Å²) in [4.78, 5) is 23.5. The molecule has 0 rings (SSSR count). The third-order valence-corrected chi connectivity index (χ3v) is 7.47. The molecule has 0 aliphatic heterocycles. The Hall–Kier alpha value is -1.18. The molecule has 1 amide bonds. The summed E-state index contributed by atoms with van der Waals surface area (Å²) in [5.74, 6) is 0.409. The first kappa shape index (κ1) is 36.8. The number of Topliss-reactive ketones (excluding diaryl/α,β-unsaturated/α-hetero) is 1. The normalized spacial score (nSPS) is 14.6. The Labute approximate surface area is 234 Å². The number of carbonyl (C=O) groups is 2. The zero-order valence-corrected chi connectivity index (χ0v) is 25.1. The van der Waals surface area contributed by atoms with Gasteiger partial charge in [0.2, 0.25) is 0 Å². The number of unbranched alkanes of at least 4 members (excludes halogenated alkanes) is 15. The number of hydrogen-bond acceptors (Lipinski definition) is 6. The first-order valence-corrected chi connectivity index (χ1v) is 15.8. The number of aliphatic hydroxyl groups excluding tert-OH is 2. The Morgan fingerprint density at radius 1 is 0.658 bits per heavy atom. The van der Waals surface area contributed by atoms with Crippen molar-refractivity contribution in [2.75, 3.05) is 6.61 Å². The zero-order chi connectivity index (χ0) is 28.4. The molecule has 0 aliphatic rings. The summed E-state index contributed by atoms with van der Waals surface area (Å²) in [6.07, 6.45) is 21.5. The van der Waals surface area contributed by atoms with Crippen LogP contribution < -0.4 is 11.1 Å². The van der Waals surface area contributed by atoms with Gasteiger partial charge in [-0.15, -0.1) is 0 Å². The van der Waals surface area contributed by atoms with Crippen LogP contribution in [-0.4, -0.2) is 53.0 Å². The molecule has 7 nitrogen and oxygen atoms in total. The minimum atomic E-state index is -0.561. The van der Waals surface area contributed by atoms with Crippen LogP contribution in [-0.2, 0) is 9.53 Å². The van der Waals surface area contributed by atoms with Gasteiger partial charge in [0.25, 0.3) is 0 Å². The smallest absolute Gasteiger partial charge is 0.407 e. The van der Waals surface area contributed by atoms with Gasteiger partial charge in [-0.25, -0.2) is 4.79 Å². The summed E-state index contributed by atoms with van der Waals surface area (Å²) < 4.78 is 4.83. The molecular weight excluding hydrogens is 480 g/mol. The van der Waals surface area contributed by atoms with E-state index in [9.17, 15) is 19.8 Å². The van der Waals surface area contributed by atoms with Crippen molar-refractivity contribution in [1.29, 1.82) is 0 Å². The highest BCUT2D eigenvalue weighted by Crippen LogP contribution is 2.15. The molecule has 0 saturated heterocycles. The summed E-state index contributed by atoms with van der Waals surface area (Å²) >= 11 is 0. The maximum atomic E-state index is 12.1. The summed E-state index contributed by atoms with van der Waals surface area (Å²) in [7, 11) is 0. The van der Waals surface area contributed by atoms with Crippen LogP contribution >= 0.6 is 0 Å². The maximum Gasteiger partial charge on any atom is 0.407 e. The third kappa shape index (κ3) is 23.9. The van der Waals surface area contributed by atoms with Crippen molar-refractivity contribution in [3.05, 3.63) is 0 Å². The minimum Gasteiger partial charge on any atom is -0.450 e. The van der Waals surface area contributed by atoms with Gasteiger partial charge in [-0.05, 0) is 46.5 Å². The topological polar surface area (TPSA) is 122 Å². The van der Waals surface area contributed by atoms with E-state index in [-0.39, 0.29) is 18.2 Å². The highest BCUT2D eigenvalue weighted by molar-refractivity contribution is 5.78. The predicted molar refractivity (Wildman–Crippen MR) is 157 cm³/mol. The highest BCUT2D eigenvalue weighted by atomic mass is 16.5. The van der Waals surface area contributed by atoms with E-state index in [0.717, 1.165) is 57.8 Å². The van der Waals surface area contributed by atoms with Crippen LogP contribution in [0.15, 0.2) is 0 Å². The van der Waals surface area contributed by atoms with Crippen molar-refractivity contribution in [1.82, 2.24) is 5.32 Å². The number of aliphatic hydroxyl groups is 2. The SMILES string of the molecule is CCOC(=O)NC(C)C(O)CCCCCCCC(=O)CCCCCCCCCCCCCCC(O)C(C)N. The van der Waals surface area contributed by atoms with Gasteiger partial charge in [-0.2, -0.15) is 0 Å². The lowest BCUT2D eigenvalue weighted by molar-refractivity contribution is -0.119. The number of amides is 1. The van der Waals surface area contributed by atoms with E-state index in [0.29, 0.717) is 25.2 Å². The fourth-order valence-corrected chi connectivity index (χ4v) is 4.74. The molecule has 0 saturated carbocycles. The molecule has 0 aromatic carbocycles. The Kier molecular flexibility index (Phi) is 25.3. The lowest BCUT2D eigenvalue weighted by Gasteiger charge is -2.19. The van der Waals surface area contributed by atoms with Gasteiger partial charge in [0.05, 0.1) is 24.9 Å². The lowest BCUT2D eigenvalue weighted by atomic mass is 10.0. The van der Waals surface area contributed by atoms with Crippen LogP contribution in [0, 0.1) is 0 Å². The number of nitrogens with two attached hydrogens (primary N) is 1. The Morgan fingerprint density at radius 3 is 1.42 bits per heavy atom. The van der Waals surface area contributed by atoms with Gasteiger partial charge >= 0.3 is 6.09 Å². The average Bonchev–Trinajstić information content (AvgIpc) is 2.87. The van der Waals surface area contributed by atoms with Crippen LogP contribution in [0.1, 0.15) is 156 Å². The molecule has 0 heterocycles. The van der Waals surface area contributed by atoms with Crippen LogP contribution in [0.5, 0.6) is 0 Å². The molecule has 0 radical (unpaired) electrons. The van der Waals surface area contributed by atoms with Crippen molar-refractivity contribution in [2.45, 2.75) is 180 Å². The van der Waals surface area contributed by atoms with Gasteiger partial charge in [0.15, 0.2) is 0 Å². The van der Waals surface area contributed by atoms with Gasteiger partial charge in [-0.1, -0.05) is 96.3 Å². The molecule has 0 bridgehead atoms. The number of carbonyl (C=O) groups excluding carboxylic acids is 2. The van der Waals surface area contributed by atoms with Crippen LogP contribution in [0.2, 0.25) is 0 Å². The Balaban J connectivity index is 3.37. The summed E-state index contributed by atoms with van der Waals surface area (Å²) in [6.45, 7) is 5.73. The number of alkyl carbamates (subject to hydrolysis) is 1. The molecule has 0 fully saturated rings. The van der Waals surface area contributed by atoms with E-state index >= 15 is 0 Å². The van der Waals surface area contributed by atoms with Crippen LogP contribution in [0.25, 0.3) is 0 Å². The molecule has 0 aromatic rings. The molecule has 0 aromatic heterocycles. The fraction of sp³-hybridized carbons (Fsp3) is 0.935. The van der Waals surface area contributed by atoms with Gasteiger partial charge in [-0.3, -0.25) is 4.79 Å². The Bertz CT molecular complexity index is 558. The second-order valence-electron chi connectivity index (χ2n) is 11.3. The third-order valence-electron chi connectivity index (χ3n) is 7.47. The van der Waals surface area contributed by atoms with E-state index in [1.165, 1.54) is 64.2 Å². The maximum absolute atomic E-state index is 12.1. The first-order valence-electron chi connectivity index (χ1n) is 15.8. The number of nitrogens with one attached hydrogen (secondary N) is 1. The van der Waals surface area contributed by atoms with Crippen molar-refractivity contribution in [2.24, 2.45) is 5.73 Å². The van der Waals surface area contributed by atoms with Crippen LogP contribution in [0.3, 0.4) is 0 Å². The van der Waals surface area contributed by atoms with E-state index in [1.807, 2.05) is 6.92 Å². The highest BCUT2D eigenvalue weighted by Gasteiger charge is 2.16. The molecule has 0 spiro atoms. The van der Waals surface area contributed by atoms with E-state index < -0.39 is 12.2 Å². The lowest BCUT2D eigenvalue weighted by Crippen LogP contribution is -2.41. The van der Waals surface area contributed by atoms with Gasteiger partial charge in [0.1, 0.15) is 5.78 Å². The first-order chi connectivity index (χ1) is 18.3.